The van der Waals surface area contributed by atoms with Crippen molar-refractivity contribution < 1.29 is 33.4 Å². The lowest BCUT2D eigenvalue weighted by atomic mass is 10.1. The standard InChI is InChI=1S/C25H28N2O7/c1-16(2)14-33-24(30)17-7-9-19(10-8-17)26-22(28)15-34-25(31)18-11-23(29)27(13-18)20-5-4-6-21(12-20)32-3/h4-10,12,16,18H,11,13-15H2,1-3H3,(H,26,28)/t18-/m1/s1. The largest absolute Gasteiger partial charge is 0.497 e. The maximum Gasteiger partial charge on any atom is 0.338 e. The number of carbonyl (C=O) groups excluding carboxylic acids is 4. The van der Waals surface area contributed by atoms with Crippen LogP contribution >= 0.6 is 0 Å². The molecule has 0 aromatic heterocycles. The molecule has 1 saturated heterocycles. The summed E-state index contributed by atoms with van der Waals surface area (Å²) in [6, 6.07) is 13.2. The highest BCUT2D eigenvalue weighted by Gasteiger charge is 2.36. The van der Waals surface area contributed by atoms with Crippen LogP contribution in [0.1, 0.15) is 30.6 Å². The van der Waals surface area contributed by atoms with Gasteiger partial charge in [0.25, 0.3) is 5.91 Å². The van der Waals surface area contributed by atoms with Crippen molar-refractivity contribution in [3.63, 3.8) is 0 Å². The predicted octanol–water partition coefficient (Wildman–Crippen LogP) is 3.04. The van der Waals surface area contributed by atoms with E-state index >= 15 is 0 Å². The number of nitrogens with one attached hydrogen (secondary N) is 1. The molecule has 1 aliphatic heterocycles. The van der Waals surface area contributed by atoms with Gasteiger partial charge in [0.2, 0.25) is 5.91 Å². The van der Waals surface area contributed by atoms with E-state index in [0.717, 1.165) is 0 Å². The molecule has 1 atom stereocenters. The molecular formula is C25H28N2O7. The molecule has 1 N–H and O–H groups in total. The number of rotatable bonds is 9. The topological polar surface area (TPSA) is 111 Å². The number of hydrogen-bond donors (Lipinski definition) is 1. The summed E-state index contributed by atoms with van der Waals surface area (Å²) in [5.74, 6) is -1.61. The number of carbonyl (C=O) groups is 4. The van der Waals surface area contributed by atoms with Crippen molar-refractivity contribution in [3.8, 4) is 5.75 Å². The Labute approximate surface area is 198 Å². The monoisotopic (exact) mass is 468 g/mol. The van der Waals surface area contributed by atoms with Crippen LogP contribution in [-0.4, -0.2) is 50.6 Å². The van der Waals surface area contributed by atoms with E-state index in [1.807, 2.05) is 13.8 Å². The number of esters is 2. The Hall–Kier alpha value is -3.88. The lowest BCUT2D eigenvalue weighted by Crippen LogP contribution is -2.28. The lowest BCUT2D eigenvalue weighted by Gasteiger charge is -2.17. The molecule has 0 spiro atoms. The lowest BCUT2D eigenvalue weighted by molar-refractivity contribution is -0.151. The summed E-state index contributed by atoms with van der Waals surface area (Å²) in [5, 5.41) is 2.60. The normalized spacial score (nSPS) is 15.2. The molecule has 1 aliphatic rings. The number of methoxy groups -OCH3 is 1. The fourth-order valence-electron chi connectivity index (χ4n) is 3.36. The Morgan fingerprint density at radius 1 is 1.09 bits per heavy atom. The second kappa shape index (κ2) is 11.3. The van der Waals surface area contributed by atoms with Crippen molar-refractivity contribution in [1.82, 2.24) is 0 Å². The molecule has 0 radical (unpaired) electrons. The maximum atomic E-state index is 12.4. The Bertz CT molecular complexity index is 1050. The van der Waals surface area contributed by atoms with Crippen molar-refractivity contribution in [2.75, 3.05) is 37.1 Å². The quantitative estimate of drug-likeness (QED) is 0.563. The van der Waals surface area contributed by atoms with Gasteiger partial charge in [-0.2, -0.15) is 0 Å². The first-order chi connectivity index (χ1) is 16.3. The fourth-order valence-corrected chi connectivity index (χ4v) is 3.36. The molecule has 180 valence electrons. The van der Waals surface area contributed by atoms with Crippen LogP contribution in [0.3, 0.4) is 0 Å². The molecular weight excluding hydrogens is 440 g/mol. The van der Waals surface area contributed by atoms with Gasteiger partial charge < -0.3 is 24.4 Å². The average Bonchev–Trinajstić information content (AvgIpc) is 3.23. The summed E-state index contributed by atoms with van der Waals surface area (Å²) in [6.45, 7) is 3.90. The minimum Gasteiger partial charge on any atom is -0.497 e. The van der Waals surface area contributed by atoms with E-state index in [0.29, 0.717) is 29.3 Å². The van der Waals surface area contributed by atoms with Gasteiger partial charge in [-0.15, -0.1) is 0 Å². The zero-order chi connectivity index (χ0) is 24.7. The van der Waals surface area contributed by atoms with Crippen LogP contribution in [0.5, 0.6) is 5.75 Å². The van der Waals surface area contributed by atoms with Crippen molar-refractivity contribution >= 4 is 35.1 Å². The Morgan fingerprint density at radius 3 is 2.50 bits per heavy atom. The van der Waals surface area contributed by atoms with Crippen LogP contribution in [0.15, 0.2) is 48.5 Å². The van der Waals surface area contributed by atoms with Crippen molar-refractivity contribution in [3.05, 3.63) is 54.1 Å². The summed E-state index contributed by atoms with van der Waals surface area (Å²) in [4.78, 5) is 50.4. The summed E-state index contributed by atoms with van der Waals surface area (Å²) in [7, 11) is 1.53. The fraction of sp³-hybridized carbons (Fsp3) is 0.360. The molecule has 0 aliphatic carbocycles. The maximum absolute atomic E-state index is 12.4. The van der Waals surface area contributed by atoms with Crippen LogP contribution in [0.4, 0.5) is 11.4 Å². The second-order valence-electron chi connectivity index (χ2n) is 8.33. The van der Waals surface area contributed by atoms with E-state index in [1.165, 1.54) is 12.0 Å². The molecule has 1 fully saturated rings. The number of amides is 2. The SMILES string of the molecule is COc1cccc(N2C[C@H](C(=O)OCC(=O)Nc3ccc(C(=O)OCC(C)C)cc3)CC2=O)c1. The van der Waals surface area contributed by atoms with Gasteiger partial charge in [-0.05, 0) is 42.3 Å². The van der Waals surface area contributed by atoms with Crippen molar-refractivity contribution in [1.29, 1.82) is 0 Å². The summed E-state index contributed by atoms with van der Waals surface area (Å²) >= 11 is 0. The van der Waals surface area contributed by atoms with Crippen LogP contribution < -0.4 is 15.0 Å². The summed E-state index contributed by atoms with van der Waals surface area (Å²) < 4.78 is 15.5. The molecule has 2 aromatic rings. The highest BCUT2D eigenvalue weighted by molar-refractivity contribution is 6.00. The molecule has 0 saturated carbocycles. The van der Waals surface area contributed by atoms with Gasteiger partial charge in [-0.3, -0.25) is 14.4 Å². The van der Waals surface area contributed by atoms with Gasteiger partial charge in [-0.1, -0.05) is 19.9 Å². The van der Waals surface area contributed by atoms with E-state index in [1.54, 1.807) is 48.5 Å². The molecule has 34 heavy (non-hydrogen) atoms. The van der Waals surface area contributed by atoms with E-state index < -0.39 is 30.4 Å². The first-order valence-electron chi connectivity index (χ1n) is 10.9. The predicted molar refractivity (Wildman–Crippen MR) is 125 cm³/mol. The molecule has 1 heterocycles. The van der Waals surface area contributed by atoms with Gasteiger partial charge in [-0.25, -0.2) is 4.79 Å². The first-order valence-corrected chi connectivity index (χ1v) is 10.9. The third-order valence-electron chi connectivity index (χ3n) is 5.12. The summed E-state index contributed by atoms with van der Waals surface area (Å²) in [6.07, 6.45) is 0.00599. The number of hydrogen-bond acceptors (Lipinski definition) is 7. The van der Waals surface area contributed by atoms with Crippen molar-refractivity contribution in [2.45, 2.75) is 20.3 Å². The minimum atomic E-state index is -0.664. The van der Waals surface area contributed by atoms with E-state index in [4.69, 9.17) is 14.2 Å². The van der Waals surface area contributed by atoms with Crippen LogP contribution in [0.2, 0.25) is 0 Å². The summed E-state index contributed by atoms with van der Waals surface area (Å²) in [5.41, 5.74) is 1.45. The molecule has 0 unspecified atom stereocenters. The highest BCUT2D eigenvalue weighted by atomic mass is 16.5. The average molecular weight is 469 g/mol. The Morgan fingerprint density at radius 2 is 1.82 bits per heavy atom. The van der Waals surface area contributed by atoms with Gasteiger partial charge >= 0.3 is 11.9 Å². The number of nitrogens with zero attached hydrogens (tertiary/aromatic N) is 1. The van der Waals surface area contributed by atoms with Gasteiger partial charge in [0.05, 0.1) is 25.2 Å². The number of anilines is 2. The molecule has 3 rings (SSSR count). The Kier molecular flexibility index (Phi) is 8.24. The third kappa shape index (κ3) is 6.57. The molecule has 2 aromatic carbocycles. The van der Waals surface area contributed by atoms with Gasteiger partial charge in [0, 0.05) is 30.4 Å². The van der Waals surface area contributed by atoms with E-state index in [9.17, 15) is 19.2 Å². The zero-order valence-electron chi connectivity index (χ0n) is 19.4. The number of benzene rings is 2. The van der Waals surface area contributed by atoms with E-state index in [2.05, 4.69) is 5.32 Å². The molecule has 9 nitrogen and oxygen atoms in total. The van der Waals surface area contributed by atoms with Gasteiger partial charge in [0.15, 0.2) is 6.61 Å². The molecule has 0 bridgehead atoms. The Balaban J connectivity index is 1.47. The van der Waals surface area contributed by atoms with Crippen LogP contribution in [0.25, 0.3) is 0 Å². The highest BCUT2D eigenvalue weighted by Crippen LogP contribution is 2.28. The van der Waals surface area contributed by atoms with Crippen LogP contribution in [-0.2, 0) is 23.9 Å². The molecule has 9 heteroatoms. The minimum absolute atomic E-state index is 0.00599. The smallest absolute Gasteiger partial charge is 0.338 e. The van der Waals surface area contributed by atoms with Gasteiger partial charge in [0.1, 0.15) is 5.75 Å². The zero-order valence-corrected chi connectivity index (χ0v) is 19.4. The third-order valence-corrected chi connectivity index (χ3v) is 5.12. The van der Waals surface area contributed by atoms with Crippen LogP contribution in [0, 0.1) is 11.8 Å². The second-order valence-corrected chi connectivity index (χ2v) is 8.33. The first kappa shape index (κ1) is 24.8. The van der Waals surface area contributed by atoms with Crippen molar-refractivity contribution in [2.24, 2.45) is 11.8 Å². The molecule has 2 amide bonds. The van der Waals surface area contributed by atoms with E-state index in [-0.39, 0.29) is 24.8 Å². The number of ether oxygens (including phenoxy) is 3.